The molecule has 0 saturated carbocycles. The van der Waals surface area contributed by atoms with Gasteiger partial charge in [-0.1, -0.05) is 49.4 Å². The van der Waals surface area contributed by atoms with E-state index in [0.29, 0.717) is 19.4 Å². The van der Waals surface area contributed by atoms with Gasteiger partial charge >= 0.3 is 18.1 Å². The second-order valence-corrected chi connectivity index (χ2v) is 8.80. The Hall–Kier alpha value is -3.93. The molecule has 9 nitrogen and oxygen atoms in total. The molecule has 0 radical (unpaired) electrons. The second-order valence-electron chi connectivity index (χ2n) is 8.80. The quantitative estimate of drug-likeness (QED) is 0.392. The summed E-state index contributed by atoms with van der Waals surface area (Å²) in [5, 5.41) is 4.60. The first kappa shape index (κ1) is 28.6. The van der Waals surface area contributed by atoms with Crippen LogP contribution >= 0.6 is 0 Å². The van der Waals surface area contributed by atoms with Crippen molar-refractivity contribution in [3.05, 3.63) is 59.9 Å². The fraction of sp³-hybridized carbons (Fsp3) is 0.385. The van der Waals surface area contributed by atoms with Gasteiger partial charge in [-0.25, -0.2) is 9.59 Å². The molecule has 0 saturated heterocycles. The van der Waals surface area contributed by atoms with Gasteiger partial charge in [-0.2, -0.15) is 13.2 Å². The molecule has 204 valence electrons. The van der Waals surface area contributed by atoms with Gasteiger partial charge in [0.05, 0.1) is 12.1 Å². The molecule has 0 aliphatic carbocycles. The van der Waals surface area contributed by atoms with E-state index in [4.69, 9.17) is 10.5 Å². The predicted octanol–water partition coefficient (Wildman–Crippen LogP) is 2.37. The number of hydrogen-bond donors (Lipinski definition) is 2. The Balaban J connectivity index is 1.81. The van der Waals surface area contributed by atoms with Crippen LogP contribution in [0.1, 0.15) is 25.8 Å². The van der Waals surface area contributed by atoms with Gasteiger partial charge in [0.1, 0.15) is 0 Å². The van der Waals surface area contributed by atoms with Crippen molar-refractivity contribution in [2.75, 3.05) is 13.1 Å². The zero-order valence-electron chi connectivity index (χ0n) is 20.8. The number of carbonyl (C=O) groups excluding carboxylic acids is 4. The van der Waals surface area contributed by atoms with Crippen LogP contribution in [-0.4, -0.2) is 66.1 Å². The van der Waals surface area contributed by atoms with Crippen molar-refractivity contribution in [2.45, 2.75) is 51.1 Å². The van der Waals surface area contributed by atoms with E-state index in [2.05, 4.69) is 10.1 Å². The molecular formula is C26H28F3N3O6. The summed E-state index contributed by atoms with van der Waals surface area (Å²) in [6.07, 6.45) is -5.02. The molecule has 1 aliphatic rings. The SMILES string of the molecule is CCCN(CCc1ccc2ccccc2c1)C(=O)[C@@H]1OC(C(=O)OC(=O)C(F)(F)F)=C[C@H](N)[C@H]1NC(C)=O. The molecule has 3 atom stereocenters. The molecule has 3 N–H and O–H groups in total. The number of nitrogens with two attached hydrogens (primary N) is 1. The van der Waals surface area contributed by atoms with Crippen LogP contribution in [0.2, 0.25) is 0 Å². The van der Waals surface area contributed by atoms with Crippen molar-refractivity contribution in [1.29, 1.82) is 0 Å². The third-order valence-electron chi connectivity index (χ3n) is 5.86. The number of fused-ring (bicyclic) bond motifs is 1. The van der Waals surface area contributed by atoms with Gasteiger partial charge in [0.2, 0.25) is 11.7 Å². The Bertz CT molecular complexity index is 1250. The van der Waals surface area contributed by atoms with Gasteiger partial charge in [-0.15, -0.1) is 0 Å². The number of benzene rings is 2. The highest BCUT2D eigenvalue weighted by atomic mass is 19.4. The number of alkyl halides is 3. The molecule has 1 aliphatic heterocycles. The molecule has 38 heavy (non-hydrogen) atoms. The zero-order chi connectivity index (χ0) is 28.0. The lowest BCUT2D eigenvalue weighted by Gasteiger charge is -2.37. The third kappa shape index (κ3) is 7.09. The standard InChI is InChI=1S/C26H28F3N3O6/c1-3-11-32(12-10-16-8-9-17-6-4-5-7-18(17)13-16)23(34)22-21(31-15(2)33)19(30)14-20(37-22)24(35)38-25(36)26(27,28)29/h4-9,13-14,19,21-22H,3,10-12,30H2,1-2H3,(H,31,33)/t19-,21+,22+/m0/s1. The summed E-state index contributed by atoms with van der Waals surface area (Å²) in [5.74, 6) is -6.50. The molecule has 0 spiro atoms. The first-order valence-electron chi connectivity index (χ1n) is 11.9. The van der Waals surface area contributed by atoms with Crippen LogP contribution in [-0.2, 0) is 35.1 Å². The van der Waals surface area contributed by atoms with Crippen molar-refractivity contribution >= 4 is 34.5 Å². The van der Waals surface area contributed by atoms with E-state index in [1.54, 1.807) is 0 Å². The first-order chi connectivity index (χ1) is 17.9. The van der Waals surface area contributed by atoms with E-state index in [1.807, 2.05) is 49.4 Å². The summed E-state index contributed by atoms with van der Waals surface area (Å²) in [4.78, 5) is 50.1. The highest BCUT2D eigenvalue weighted by Gasteiger charge is 2.46. The highest BCUT2D eigenvalue weighted by molar-refractivity contribution is 5.97. The van der Waals surface area contributed by atoms with Crippen LogP contribution in [0.4, 0.5) is 13.2 Å². The predicted molar refractivity (Wildman–Crippen MR) is 130 cm³/mol. The van der Waals surface area contributed by atoms with Crippen molar-refractivity contribution in [1.82, 2.24) is 10.2 Å². The van der Waals surface area contributed by atoms with Crippen LogP contribution < -0.4 is 11.1 Å². The van der Waals surface area contributed by atoms with Crippen molar-refractivity contribution in [3.8, 4) is 0 Å². The Morgan fingerprint density at radius 2 is 1.76 bits per heavy atom. The van der Waals surface area contributed by atoms with Crippen LogP contribution in [0.5, 0.6) is 0 Å². The zero-order valence-corrected chi connectivity index (χ0v) is 20.8. The fourth-order valence-corrected chi connectivity index (χ4v) is 4.09. The molecule has 3 rings (SSSR count). The molecule has 12 heteroatoms. The molecule has 2 aromatic carbocycles. The summed E-state index contributed by atoms with van der Waals surface area (Å²) in [5.41, 5.74) is 7.00. The number of ether oxygens (including phenoxy) is 2. The smallest absolute Gasteiger partial charge is 0.471 e. The second kappa shape index (κ2) is 12.1. The average molecular weight is 536 g/mol. The largest absolute Gasteiger partial charge is 0.491 e. The van der Waals surface area contributed by atoms with Crippen molar-refractivity contribution < 1.29 is 41.8 Å². The summed E-state index contributed by atoms with van der Waals surface area (Å²) in [6, 6.07) is 11.4. The van der Waals surface area contributed by atoms with Crippen LogP contribution in [0.25, 0.3) is 10.8 Å². The van der Waals surface area contributed by atoms with Crippen LogP contribution in [0.15, 0.2) is 54.3 Å². The Kier molecular flexibility index (Phi) is 9.10. The Morgan fingerprint density at radius 3 is 2.39 bits per heavy atom. The topological polar surface area (TPSA) is 128 Å². The summed E-state index contributed by atoms with van der Waals surface area (Å²) >= 11 is 0. The Labute approximate surface area is 216 Å². The third-order valence-corrected chi connectivity index (χ3v) is 5.86. The monoisotopic (exact) mass is 535 g/mol. The minimum Gasteiger partial charge on any atom is -0.471 e. The maximum atomic E-state index is 13.6. The minimum atomic E-state index is -5.42. The highest BCUT2D eigenvalue weighted by Crippen LogP contribution is 2.23. The number of hydrogen-bond acceptors (Lipinski definition) is 7. The van der Waals surface area contributed by atoms with Gasteiger partial charge in [-0.05, 0) is 35.3 Å². The van der Waals surface area contributed by atoms with Gasteiger partial charge < -0.3 is 25.4 Å². The molecule has 2 aromatic rings. The number of nitrogens with zero attached hydrogens (tertiary/aromatic N) is 1. The van der Waals surface area contributed by atoms with Crippen LogP contribution in [0.3, 0.4) is 0 Å². The molecule has 0 aromatic heterocycles. The van der Waals surface area contributed by atoms with E-state index < -0.39 is 53.9 Å². The van der Waals surface area contributed by atoms with Gasteiger partial charge in [0.15, 0.2) is 6.10 Å². The van der Waals surface area contributed by atoms with Gasteiger partial charge in [0, 0.05) is 20.0 Å². The molecular weight excluding hydrogens is 507 g/mol. The lowest BCUT2D eigenvalue weighted by Crippen LogP contribution is -2.61. The van der Waals surface area contributed by atoms with E-state index in [1.165, 1.54) is 11.8 Å². The maximum Gasteiger partial charge on any atom is 0.491 e. The summed E-state index contributed by atoms with van der Waals surface area (Å²) in [7, 11) is 0. The summed E-state index contributed by atoms with van der Waals surface area (Å²) < 4.78 is 46.9. The molecule has 0 unspecified atom stereocenters. The number of esters is 2. The maximum absolute atomic E-state index is 13.6. The number of carbonyl (C=O) groups is 4. The fourth-order valence-electron chi connectivity index (χ4n) is 4.09. The number of halogens is 3. The Morgan fingerprint density at radius 1 is 1.08 bits per heavy atom. The van der Waals surface area contributed by atoms with E-state index in [9.17, 15) is 32.3 Å². The molecule has 2 amide bonds. The van der Waals surface area contributed by atoms with Crippen molar-refractivity contribution in [3.63, 3.8) is 0 Å². The van der Waals surface area contributed by atoms with E-state index in [-0.39, 0.29) is 6.54 Å². The van der Waals surface area contributed by atoms with Gasteiger partial charge in [-0.3, -0.25) is 9.59 Å². The number of rotatable bonds is 8. The molecule has 1 heterocycles. The lowest BCUT2D eigenvalue weighted by atomic mass is 9.97. The van der Waals surface area contributed by atoms with Crippen molar-refractivity contribution in [2.24, 2.45) is 5.73 Å². The summed E-state index contributed by atoms with van der Waals surface area (Å²) in [6.45, 7) is 3.58. The van der Waals surface area contributed by atoms with E-state index in [0.717, 1.165) is 22.4 Å². The lowest BCUT2D eigenvalue weighted by molar-refractivity contribution is -0.202. The van der Waals surface area contributed by atoms with Gasteiger partial charge in [0.25, 0.3) is 5.91 Å². The normalized spacial score (nSPS) is 19.2. The number of nitrogens with one attached hydrogen (secondary N) is 1. The van der Waals surface area contributed by atoms with Crippen LogP contribution in [0, 0.1) is 0 Å². The minimum absolute atomic E-state index is 0.253. The average Bonchev–Trinajstić information content (AvgIpc) is 2.86. The number of amides is 2. The molecule has 0 fully saturated rings. The van der Waals surface area contributed by atoms with E-state index >= 15 is 0 Å². The first-order valence-corrected chi connectivity index (χ1v) is 11.9. The molecule has 0 bridgehead atoms.